The molecule has 0 aliphatic heterocycles. The van der Waals surface area contributed by atoms with Crippen LogP contribution in [0.15, 0.2) is 29.2 Å². The van der Waals surface area contributed by atoms with E-state index in [0.717, 1.165) is 0 Å². The molecule has 0 fully saturated rings. The van der Waals surface area contributed by atoms with E-state index in [-0.39, 0.29) is 0 Å². The summed E-state index contributed by atoms with van der Waals surface area (Å²) in [4.78, 5) is 1.41. The van der Waals surface area contributed by atoms with Crippen molar-refractivity contribution in [2.24, 2.45) is 0 Å². The topological polar surface area (TPSA) is 0 Å². The van der Waals surface area contributed by atoms with Gasteiger partial charge in [-0.15, -0.1) is 11.8 Å². The molecule has 1 aromatic carbocycles. The van der Waals surface area contributed by atoms with Crippen LogP contribution in [0.25, 0.3) is 0 Å². The fourth-order valence-corrected chi connectivity index (χ4v) is 1.90. The molecule has 1 rings (SSSR count). The van der Waals surface area contributed by atoms with E-state index in [9.17, 15) is 0 Å². The van der Waals surface area contributed by atoms with Gasteiger partial charge < -0.3 is 0 Å². The highest BCUT2D eigenvalue weighted by atomic mass is 32.2. The zero-order chi connectivity index (χ0) is 10.3. The zero-order valence-corrected chi connectivity index (χ0v) is 10.1. The average molecular weight is 196 g/mol. The SMILES string of the molecule is CC.CSc1ccccc1C(C)C. The van der Waals surface area contributed by atoms with Gasteiger partial charge >= 0.3 is 0 Å². The van der Waals surface area contributed by atoms with Gasteiger partial charge in [0.2, 0.25) is 0 Å². The molecule has 0 bridgehead atoms. The molecule has 0 aliphatic rings. The molecule has 0 nitrogen and oxygen atoms in total. The van der Waals surface area contributed by atoms with Crippen molar-refractivity contribution in [3.05, 3.63) is 29.8 Å². The van der Waals surface area contributed by atoms with Crippen LogP contribution in [-0.4, -0.2) is 6.26 Å². The molecule has 0 heterocycles. The first kappa shape index (κ1) is 12.6. The molecule has 0 amide bonds. The summed E-state index contributed by atoms with van der Waals surface area (Å²) >= 11 is 1.82. The van der Waals surface area contributed by atoms with E-state index in [1.165, 1.54) is 10.5 Å². The number of benzene rings is 1. The number of hydrogen-bond donors (Lipinski definition) is 0. The molecule has 0 spiro atoms. The van der Waals surface area contributed by atoms with Gasteiger partial charge in [-0.1, -0.05) is 45.9 Å². The van der Waals surface area contributed by atoms with Crippen molar-refractivity contribution in [1.29, 1.82) is 0 Å². The summed E-state index contributed by atoms with van der Waals surface area (Å²) in [5.41, 5.74) is 1.46. The van der Waals surface area contributed by atoms with Gasteiger partial charge in [0.15, 0.2) is 0 Å². The lowest BCUT2D eigenvalue weighted by Gasteiger charge is -2.09. The highest BCUT2D eigenvalue weighted by molar-refractivity contribution is 7.98. The molecule has 1 aromatic rings. The van der Waals surface area contributed by atoms with E-state index in [2.05, 4.69) is 44.4 Å². The number of thioether (sulfide) groups is 1. The van der Waals surface area contributed by atoms with E-state index in [0.29, 0.717) is 5.92 Å². The first-order valence-corrected chi connectivity index (χ1v) is 6.11. The van der Waals surface area contributed by atoms with E-state index < -0.39 is 0 Å². The van der Waals surface area contributed by atoms with Crippen LogP contribution in [0, 0.1) is 0 Å². The predicted octanol–water partition coefficient (Wildman–Crippen LogP) is 4.56. The van der Waals surface area contributed by atoms with E-state index in [1.54, 1.807) is 0 Å². The van der Waals surface area contributed by atoms with Crippen molar-refractivity contribution in [1.82, 2.24) is 0 Å². The first-order valence-electron chi connectivity index (χ1n) is 4.88. The fourth-order valence-electron chi connectivity index (χ4n) is 1.14. The molecular formula is C12H20S. The van der Waals surface area contributed by atoms with Gasteiger partial charge in [-0.3, -0.25) is 0 Å². The maximum Gasteiger partial charge on any atom is 0.0104 e. The molecule has 13 heavy (non-hydrogen) atoms. The quantitative estimate of drug-likeness (QED) is 0.625. The van der Waals surface area contributed by atoms with E-state index in [4.69, 9.17) is 0 Å². The largest absolute Gasteiger partial charge is 0.129 e. The minimum atomic E-state index is 0.638. The molecule has 0 saturated heterocycles. The summed E-state index contributed by atoms with van der Waals surface area (Å²) in [6.45, 7) is 8.46. The van der Waals surface area contributed by atoms with Crippen LogP contribution >= 0.6 is 11.8 Å². The van der Waals surface area contributed by atoms with Crippen molar-refractivity contribution in [2.45, 2.75) is 38.5 Å². The normalized spacial score (nSPS) is 9.38. The van der Waals surface area contributed by atoms with E-state index >= 15 is 0 Å². The second-order valence-corrected chi connectivity index (χ2v) is 3.74. The van der Waals surface area contributed by atoms with Crippen LogP contribution in [0.3, 0.4) is 0 Å². The van der Waals surface area contributed by atoms with Crippen molar-refractivity contribution < 1.29 is 0 Å². The molecule has 0 N–H and O–H groups in total. The fraction of sp³-hybridized carbons (Fsp3) is 0.500. The number of hydrogen-bond acceptors (Lipinski definition) is 1. The minimum Gasteiger partial charge on any atom is -0.129 e. The third kappa shape index (κ3) is 3.86. The van der Waals surface area contributed by atoms with Gasteiger partial charge in [-0.2, -0.15) is 0 Å². The van der Waals surface area contributed by atoms with Gasteiger partial charge in [-0.25, -0.2) is 0 Å². The summed E-state index contributed by atoms with van der Waals surface area (Å²) in [5, 5.41) is 0. The Kier molecular flexibility index (Phi) is 6.79. The summed E-state index contributed by atoms with van der Waals surface area (Å²) in [6, 6.07) is 8.59. The van der Waals surface area contributed by atoms with Gasteiger partial charge in [0.05, 0.1) is 0 Å². The molecule has 0 unspecified atom stereocenters. The van der Waals surface area contributed by atoms with Crippen molar-refractivity contribution in [3.8, 4) is 0 Å². The second kappa shape index (κ2) is 7.02. The molecule has 1 heteroatoms. The molecular weight excluding hydrogens is 176 g/mol. The van der Waals surface area contributed by atoms with Gasteiger partial charge in [0.1, 0.15) is 0 Å². The Balaban J connectivity index is 0.000000671. The molecule has 0 atom stereocenters. The number of rotatable bonds is 2. The summed E-state index contributed by atoms with van der Waals surface area (Å²) in [7, 11) is 0. The second-order valence-electron chi connectivity index (χ2n) is 2.90. The molecule has 0 saturated carbocycles. The Morgan fingerprint density at radius 1 is 1.08 bits per heavy atom. The highest BCUT2D eigenvalue weighted by Crippen LogP contribution is 2.25. The lowest BCUT2D eigenvalue weighted by Crippen LogP contribution is -1.88. The third-order valence-electron chi connectivity index (χ3n) is 1.76. The minimum absolute atomic E-state index is 0.638. The Labute approximate surface area is 86.7 Å². The maximum absolute atomic E-state index is 2.23. The van der Waals surface area contributed by atoms with Gasteiger partial charge in [-0.05, 0) is 23.8 Å². The van der Waals surface area contributed by atoms with Crippen molar-refractivity contribution in [2.75, 3.05) is 6.26 Å². The lowest BCUT2D eigenvalue weighted by atomic mass is 10.0. The highest BCUT2D eigenvalue weighted by Gasteiger charge is 2.02. The Hall–Kier alpha value is -0.430. The van der Waals surface area contributed by atoms with E-state index in [1.807, 2.05) is 25.6 Å². The Morgan fingerprint density at radius 3 is 2.00 bits per heavy atom. The lowest BCUT2D eigenvalue weighted by molar-refractivity contribution is 0.842. The Bertz CT molecular complexity index is 228. The molecule has 0 aromatic heterocycles. The summed E-state index contributed by atoms with van der Waals surface area (Å²) in [5.74, 6) is 0.638. The summed E-state index contributed by atoms with van der Waals surface area (Å²) < 4.78 is 0. The first-order chi connectivity index (χ1) is 6.25. The maximum atomic E-state index is 2.23. The smallest absolute Gasteiger partial charge is 0.0104 e. The summed E-state index contributed by atoms with van der Waals surface area (Å²) in [6.07, 6.45) is 2.13. The van der Waals surface area contributed by atoms with Crippen LogP contribution in [-0.2, 0) is 0 Å². The standard InChI is InChI=1S/C10H14S.C2H6/c1-8(2)9-6-4-5-7-10(9)11-3;1-2/h4-8H,1-3H3;1-2H3. The molecule has 0 radical (unpaired) electrons. The van der Waals surface area contributed by atoms with Crippen molar-refractivity contribution in [3.63, 3.8) is 0 Å². The van der Waals surface area contributed by atoms with Crippen LogP contribution in [0.4, 0.5) is 0 Å². The molecule has 0 aliphatic carbocycles. The monoisotopic (exact) mass is 196 g/mol. The van der Waals surface area contributed by atoms with Crippen LogP contribution in [0.5, 0.6) is 0 Å². The van der Waals surface area contributed by atoms with Gasteiger partial charge in [0, 0.05) is 4.90 Å². The van der Waals surface area contributed by atoms with Crippen LogP contribution < -0.4 is 0 Å². The van der Waals surface area contributed by atoms with Gasteiger partial charge in [0.25, 0.3) is 0 Å². The average Bonchev–Trinajstić information content (AvgIpc) is 2.20. The Morgan fingerprint density at radius 2 is 1.62 bits per heavy atom. The third-order valence-corrected chi connectivity index (χ3v) is 2.57. The van der Waals surface area contributed by atoms with Crippen LogP contribution in [0.1, 0.15) is 39.2 Å². The zero-order valence-electron chi connectivity index (χ0n) is 9.29. The van der Waals surface area contributed by atoms with Crippen LogP contribution in [0.2, 0.25) is 0 Å². The van der Waals surface area contributed by atoms with Crippen molar-refractivity contribution >= 4 is 11.8 Å². The predicted molar refractivity (Wildman–Crippen MR) is 63.7 cm³/mol. The molecule has 74 valence electrons.